The summed E-state index contributed by atoms with van der Waals surface area (Å²) in [7, 11) is 4.31. The van der Waals surface area contributed by atoms with E-state index in [0.717, 1.165) is 19.0 Å². The molecule has 1 saturated heterocycles. The number of carbonyl (C=O) groups excluding carboxylic acids is 4. The summed E-state index contributed by atoms with van der Waals surface area (Å²) in [4.78, 5) is 92.0. The van der Waals surface area contributed by atoms with E-state index in [0.29, 0.717) is 174 Å². The van der Waals surface area contributed by atoms with Crippen LogP contribution in [0.3, 0.4) is 0 Å². The fourth-order valence-electron chi connectivity index (χ4n) is 9.38. The highest BCUT2D eigenvalue weighted by molar-refractivity contribution is 6.34. The molecule has 6 rings (SSSR count). The highest BCUT2D eigenvalue weighted by Crippen LogP contribution is 2.47. The maximum atomic E-state index is 14.0. The summed E-state index contributed by atoms with van der Waals surface area (Å²) in [6.45, 7) is 13.7. The number of aliphatic carboxylic acids is 3. The number of aliphatic hydroxyl groups is 1. The van der Waals surface area contributed by atoms with E-state index in [1.54, 1.807) is 63.9 Å². The average Bonchev–Trinajstić information content (AvgIpc) is 1.59. The van der Waals surface area contributed by atoms with Crippen LogP contribution in [0.15, 0.2) is 54.6 Å². The molecule has 0 saturated carbocycles. The fraction of sp³-hybridized carbons (Fsp3) is 0.556. The van der Waals surface area contributed by atoms with E-state index in [1.165, 1.54) is 0 Å². The molecule has 34 heteroatoms. The number of methoxy groups -OCH3 is 1. The Morgan fingerprint density at radius 3 is 1.57 bits per heavy atom. The van der Waals surface area contributed by atoms with Crippen molar-refractivity contribution in [2.24, 2.45) is 0 Å². The first-order valence-electron chi connectivity index (χ1n) is 30.9. The lowest BCUT2D eigenvalue weighted by Gasteiger charge is -2.32. The van der Waals surface area contributed by atoms with Gasteiger partial charge >= 0.3 is 30.1 Å². The molecule has 97 heavy (non-hydrogen) atoms. The topological polar surface area (TPSA) is 344 Å². The number of halogens is 5. The molecule has 0 bridgehead atoms. The predicted molar refractivity (Wildman–Crippen MR) is 351 cm³/mol. The second-order valence-electron chi connectivity index (χ2n) is 22.5. The fourth-order valence-corrected chi connectivity index (χ4v) is 9.90. The number of aldehydes is 1. The molecule has 540 valence electrons. The van der Waals surface area contributed by atoms with Crippen LogP contribution in [-0.4, -0.2) is 301 Å². The van der Waals surface area contributed by atoms with Crippen molar-refractivity contribution in [2.75, 3.05) is 197 Å². The number of carbonyl (C=O) groups is 7. The first-order valence-corrected chi connectivity index (χ1v) is 31.6. The van der Waals surface area contributed by atoms with Crippen molar-refractivity contribution >= 4 is 70.9 Å². The lowest BCUT2D eigenvalue weighted by atomic mass is 9.95. The van der Waals surface area contributed by atoms with Crippen LogP contribution in [0.25, 0.3) is 28.1 Å². The smallest absolute Gasteiger partial charge is 0.490 e. The molecule has 4 amide bonds. The number of alkyl halides is 3. The van der Waals surface area contributed by atoms with Crippen LogP contribution >= 0.6 is 23.2 Å². The largest absolute Gasteiger partial charge is 0.496 e. The molecule has 0 radical (unpaired) electrons. The molecule has 2 aliphatic heterocycles. The van der Waals surface area contributed by atoms with E-state index in [-0.39, 0.29) is 76.6 Å². The van der Waals surface area contributed by atoms with Crippen molar-refractivity contribution in [3.05, 3.63) is 75.9 Å². The normalized spacial score (nSPS) is 14.1. The zero-order valence-electron chi connectivity index (χ0n) is 55.3. The summed E-state index contributed by atoms with van der Waals surface area (Å²) in [5.74, 6) is -4.16. The summed E-state index contributed by atoms with van der Waals surface area (Å²) in [5, 5.41) is 47.2. The van der Waals surface area contributed by atoms with Gasteiger partial charge in [-0.05, 0) is 62.7 Å². The SMILES string of the molecule is CO.COc1cc2c(cc1-c1cccc(NC(=O)NCCOCCOCCOCCOCCOCCOCCNC(=O)CN3CCN(CC=O)CCN(CC(=O)O)CCN(CC(=O)O)CC3)c1)-c1c(c(C(=O)N(C)C(C)(C)C)nn1-c1cc(Cl)cc(Cl)c1)CO2.O=C(O)C(F)(F)F. The van der Waals surface area contributed by atoms with E-state index >= 15 is 0 Å². The molecular formula is C63H89Cl2F3N10O19. The molecule has 0 unspecified atom stereocenters. The van der Waals surface area contributed by atoms with E-state index in [9.17, 15) is 52.2 Å². The Hall–Kier alpha value is -7.31. The summed E-state index contributed by atoms with van der Waals surface area (Å²) in [6, 6.07) is 15.7. The van der Waals surface area contributed by atoms with Gasteiger partial charge in [0.05, 0.1) is 124 Å². The molecule has 7 N–H and O–H groups in total. The summed E-state index contributed by atoms with van der Waals surface area (Å²) in [5.41, 5.74) is 4.21. The lowest BCUT2D eigenvalue weighted by molar-refractivity contribution is -0.192. The van der Waals surface area contributed by atoms with E-state index in [1.807, 2.05) is 54.8 Å². The molecule has 1 fully saturated rings. The highest BCUT2D eigenvalue weighted by atomic mass is 35.5. The van der Waals surface area contributed by atoms with Gasteiger partial charge in [0.25, 0.3) is 5.91 Å². The summed E-state index contributed by atoms with van der Waals surface area (Å²) >= 11 is 13.0. The van der Waals surface area contributed by atoms with E-state index in [4.69, 9.17) is 81.2 Å². The van der Waals surface area contributed by atoms with Crippen LogP contribution in [0, 0.1) is 0 Å². The molecule has 29 nitrogen and oxygen atoms in total. The predicted octanol–water partition coefficient (Wildman–Crippen LogP) is 4.45. The van der Waals surface area contributed by atoms with Crippen LogP contribution in [0.5, 0.6) is 11.5 Å². The Balaban J connectivity index is 0.00000208. The Kier molecular flexibility index (Phi) is 36.5. The first-order chi connectivity index (χ1) is 46.3. The number of anilines is 1. The number of aliphatic hydroxyl groups excluding tert-OH is 1. The Morgan fingerprint density at radius 2 is 1.11 bits per heavy atom. The first kappa shape index (κ1) is 82.1. The minimum absolute atomic E-state index is 0.0763. The van der Waals surface area contributed by atoms with Gasteiger partial charge in [-0.15, -0.1) is 0 Å². The van der Waals surface area contributed by atoms with Crippen molar-refractivity contribution in [1.29, 1.82) is 0 Å². The van der Waals surface area contributed by atoms with Gasteiger partial charge in [-0.2, -0.15) is 18.3 Å². The second kappa shape index (κ2) is 43.2. The molecule has 0 atom stereocenters. The third kappa shape index (κ3) is 29.7. The number of carboxylic acid groups (broad SMARTS) is 3. The van der Waals surface area contributed by atoms with Crippen LogP contribution < -0.4 is 25.4 Å². The number of aromatic nitrogens is 2. The summed E-state index contributed by atoms with van der Waals surface area (Å²) in [6.07, 6.45) is -4.29. The molecular weight excluding hydrogens is 1330 g/mol. The third-order valence-electron chi connectivity index (χ3n) is 14.5. The third-order valence-corrected chi connectivity index (χ3v) is 14.9. The quantitative estimate of drug-likeness (QED) is 0.0251. The Morgan fingerprint density at radius 1 is 0.649 bits per heavy atom. The minimum Gasteiger partial charge on any atom is -0.496 e. The van der Waals surface area contributed by atoms with Crippen LogP contribution in [0.4, 0.5) is 23.7 Å². The number of nitrogens with zero attached hydrogens (tertiary/aromatic N) is 7. The van der Waals surface area contributed by atoms with Crippen molar-refractivity contribution in [1.82, 2.24) is 44.9 Å². The second-order valence-corrected chi connectivity index (χ2v) is 23.3. The van der Waals surface area contributed by atoms with Crippen LogP contribution in [0.1, 0.15) is 36.8 Å². The molecule has 3 aromatic carbocycles. The minimum atomic E-state index is -5.08. The Labute approximate surface area is 570 Å². The molecule has 3 heterocycles. The van der Waals surface area contributed by atoms with Gasteiger partial charge in [-0.25, -0.2) is 14.3 Å². The van der Waals surface area contributed by atoms with Gasteiger partial charge in [0.1, 0.15) is 24.4 Å². The number of ether oxygens (including phenoxy) is 8. The average molecular weight is 1420 g/mol. The van der Waals surface area contributed by atoms with Gasteiger partial charge in [0.2, 0.25) is 5.91 Å². The number of hydrogen-bond donors (Lipinski definition) is 7. The van der Waals surface area contributed by atoms with Gasteiger partial charge in [0, 0.05) is 124 Å². The molecule has 1 aromatic heterocycles. The molecule has 4 aromatic rings. The molecule has 0 aliphatic carbocycles. The number of carboxylic acids is 3. The number of fused-ring (bicyclic) bond motifs is 3. The van der Waals surface area contributed by atoms with Crippen molar-refractivity contribution in [3.8, 4) is 39.6 Å². The number of hydrogen-bond acceptors (Lipinski definition) is 21. The van der Waals surface area contributed by atoms with Gasteiger partial charge in [-0.3, -0.25) is 38.8 Å². The monoisotopic (exact) mass is 1420 g/mol. The zero-order chi connectivity index (χ0) is 71.5. The number of nitrogens with one attached hydrogen (secondary N) is 3. The number of rotatable bonds is 34. The molecule has 2 aliphatic rings. The lowest BCUT2D eigenvalue weighted by Crippen LogP contribution is -2.49. The van der Waals surface area contributed by atoms with E-state index < -0.39 is 35.7 Å². The van der Waals surface area contributed by atoms with Crippen LogP contribution in [-0.2, 0) is 59.0 Å². The van der Waals surface area contributed by atoms with Gasteiger partial charge in [-0.1, -0.05) is 35.3 Å². The maximum Gasteiger partial charge on any atom is 0.490 e. The zero-order valence-corrected chi connectivity index (χ0v) is 56.8. The number of urea groups is 1. The van der Waals surface area contributed by atoms with Crippen LogP contribution in [0.2, 0.25) is 10.0 Å². The van der Waals surface area contributed by atoms with Gasteiger partial charge < -0.3 is 84.0 Å². The number of amides is 4. The Bertz CT molecular complexity index is 3130. The summed E-state index contributed by atoms with van der Waals surface area (Å²) < 4.78 is 79.1. The van der Waals surface area contributed by atoms with Crippen molar-refractivity contribution < 1.29 is 105 Å². The standard InChI is InChI=1S/C60H84Cl2N10O16.C2HF3O2.CH4O/c1-60(2,3)67(4)58(79)56-50-42-88-52-38-51(81-5)48(37-49(52)57(50)72(66-56)47-35-44(61)34-45(62)36-47)43-7-6-8-46(33-43)65-59(80)64-10-22-83-24-26-85-28-30-87-32-31-86-29-27-84-25-23-82-21-9-63-53(74)39-69-13-11-68(19-20-73)12-14-70(40-54(75)76)17-18-71(16-15-69)41-55(77)78;3-2(4,5)1(6)7;1-2/h6-8,20,33-38H,9-19,21-32,39-42H2,1-5H3,(H,63,74)(H,75,76)(H,77,78)(H2,64,65,80);(H,6,7);2H,1H3. The van der Waals surface area contributed by atoms with Crippen molar-refractivity contribution in [3.63, 3.8) is 0 Å². The maximum absolute atomic E-state index is 14.0. The van der Waals surface area contributed by atoms with E-state index in [2.05, 4.69) is 16.0 Å². The van der Waals surface area contributed by atoms with Crippen molar-refractivity contribution in [2.45, 2.75) is 39.1 Å². The number of benzene rings is 3. The van der Waals surface area contributed by atoms with Gasteiger partial charge in [0.15, 0.2) is 5.69 Å². The highest BCUT2D eigenvalue weighted by Gasteiger charge is 2.38. The molecule has 0 spiro atoms.